The molecule has 1 heterocycles. The van der Waals surface area contributed by atoms with E-state index in [0.717, 1.165) is 5.52 Å². The van der Waals surface area contributed by atoms with Crippen LogP contribution >= 0.6 is 0 Å². The van der Waals surface area contributed by atoms with Gasteiger partial charge in [-0.1, -0.05) is 0 Å². The highest BCUT2D eigenvalue weighted by molar-refractivity contribution is 5.93. The molecule has 0 aliphatic rings. The summed E-state index contributed by atoms with van der Waals surface area (Å²) >= 11 is 0. The topological polar surface area (TPSA) is 93.3 Å². The van der Waals surface area contributed by atoms with Crippen molar-refractivity contribution < 1.29 is 19.1 Å². The lowest BCUT2D eigenvalue weighted by Crippen LogP contribution is -2.34. The van der Waals surface area contributed by atoms with E-state index in [-0.39, 0.29) is 6.04 Å². The molecule has 2 rings (SSSR count). The first-order chi connectivity index (χ1) is 10.7. The Balaban J connectivity index is 2.16. The molecule has 1 aromatic heterocycles. The second-order valence-electron chi connectivity index (χ2n) is 6.21. The van der Waals surface area contributed by atoms with Gasteiger partial charge in [0, 0.05) is 0 Å². The molecular weight excluding hydrogens is 298 g/mol. The number of carbonyl (C=O) groups is 2. The average Bonchev–Trinajstić information content (AvgIpc) is 2.87. The summed E-state index contributed by atoms with van der Waals surface area (Å²) in [4.78, 5) is 30.9. The van der Waals surface area contributed by atoms with Gasteiger partial charge in [0.1, 0.15) is 11.4 Å². The number of rotatable bonds is 3. The van der Waals surface area contributed by atoms with Crippen LogP contribution in [0.15, 0.2) is 18.2 Å². The fourth-order valence-corrected chi connectivity index (χ4v) is 2.03. The molecule has 1 unspecified atom stereocenters. The van der Waals surface area contributed by atoms with E-state index in [1.807, 2.05) is 0 Å². The van der Waals surface area contributed by atoms with Crippen LogP contribution in [0.25, 0.3) is 11.0 Å². The van der Waals surface area contributed by atoms with Gasteiger partial charge in [0.15, 0.2) is 0 Å². The third kappa shape index (κ3) is 4.21. The fraction of sp³-hybridized carbons (Fsp3) is 0.438. The summed E-state index contributed by atoms with van der Waals surface area (Å²) in [7, 11) is 1.33. The van der Waals surface area contributed by atoms with Crippen LogP contribution in [-0.4, -0.2) is 34.7 Å². The minimum absolute atomic E-state index is 0.362. The minimum atomic E-state index is -0.562. The second kappa shape index (κ2) is 6.28. The number of alkyl carbamates (subject to hydrolysis) is 1. The standard InChI is InChI=1S/C16H21N3O4/c1-9(17-15(21)23-16(2,3)4)13-18-11-7-6-10(14(20)22-5)8-12(11)19-13/h6-9H,1-5H3,(H,17,21)(H,18,19). The molecule has 0 aliphatic carbocycles. The molecule has 124 valence electrons. The summed E-state index contributed by atoms with van der Waals surface area (Å²) in [5.74, 6) is 0.157. The molecule has 1 amide bonds. The van der Waals surface area contributed by atoms with E-state index >= 15 is 0 Å². The molecule has 0 radical (unpaired) electrons. The molecule has 23 heavy (non-hydrogen) atoms. The molecule has 7 heteroatoms. The summed E-state index contributed by atoms with van der Waals surface area (Å²) in [6.45, 7) is 7.19. The van der Waals surface area contributed by atoms with Gasteiger partial charge in [-0.05, 0) is 45.9 Å². The van der Waals surface area contributed by atoms with Gasteiger partial charge in [-0.15, -0.1) is 0 Å². The maximum Gasteiger partial charge on any atom is 0.408 e. The highest BCUT2D eigenvalue weighted by Crippen LogP contribution is 2.18. The Morgan fingerprint density at radius 3 is 2.61 bits per heavy atom. The molecule has 0 fully saturated rings. The van der Waals surface area contributed by atoms with Crippen molar-refractivity contribution in [3.63, 3.8) is 0 Å². The highest BCUT2D eigenvalue weighted by atomic mass is 16.6. The van der Waals surface area contributed by atoms with E-state index < -0.39 is 17.7 Å². The number of benzene rings is 1. The largest absolute Gasteiger partial charge is 0.465 e. The number of ether oxygens (including phenoxy) is 2. The van der Waals surface area contributed by atoms with Crippen molar-refractivity contribution in [2.45, 2.75) is 39.3 Å². The number of carbonyl (C=O) groups excluding carboxylic acids is 2. The van der Waals surface area contributed by atoms with E-state index in [2.05, 4.69) is 20.0 Å². The van der Waals surface area contributed by atoms with E-state index in [1.165, 1.54) is 7.11 Å². The predicted molar refractivity (Wildman–Crippen MR) is 85.2 cm³/mol. The smallest absolute Gasteiger partial charge is 0.408 e. The number of nitrogens with zero attached hydrogens (tertiary/aromatic N) is 1. The summed E-state index contributed by atoms with van der Waals surface area (Å²) in [6, 6.07) is 4.68. The Hall–Kier alpha value is -2.57. The maximum absolute atomic E-state index is 11.8. The van der Waals surface area contributed by atoms with Gasteiger partial charge in [-0.3, -0.25) is 0 Å². The first-order valence-electron chi connectivity index (χ1n) is 7.27. The van der Waals surface area contributed by atoms with Crippen molar-refractivity contribution >= 4 is 23.1 Å². The summed E-state index contributed by atoms with van der Waals surface area (Å²) < 4.78 is 9.90. The number of hydrogen-bond acceptors (Lipinski definition) is 5. The third-order valence-electron chi connectivity index (χ3n) is 3.07. The van der Waals surface area contributed by atoms with Gasteiger partial charge in [0.05, 0.1) is 29.7 Å². The van der Waals surface area contributed by atoms with Crippen LogP contribution in [0.4, 0.5) is 4.79 Å². The summed E-state index contributed by atoms with van der Waals surface area (Å²) in [5, 5.41) is 2.72. The molecule has 1 aromatic carbocycles. The molecule has 2 aromatic rings. The number of imidazole rings is 1. The number of aromatic nitrogens is 2. The lowest BCUT2D eigenvalue weighted by atomic mass is 10.2. The van der Waals surface area contributed by atoms with Crippen LogP contribution < -0.4 is 5.32 Å². The van der Waals surface area contributed by atoms with Gasteiger partial charge >= 0.3 is 12.1 Å². The number of hydrogen-bond donors (Lipinski definition) is 2. The molecule has 1 atom stereocenters. The van der Waals surface area contributed by atoms with Crippen LogP contribution in [0.2, 0.25) is 0 Å². The Bertz CT molecular complexity index is 730. The first kappa shape index (κ1) is 16.8. The highest BCUT2D eigenvalue weighted by Gasteiger charge is 2.20. The van der Waals surface area contributed by atoms with E-state index in [0.29, 0.717) is 16.9 Å². The zero-order valence-corrected chi connectivity index (χ0v) is 13.9. The van der Waals surface area contributed by atoms with Crippen LogP contribution in [0.5, 0.6) is 0 Å². The molecule has 2 N–H and O–H groups in total. The molecule has 0 spiro atoms. The minimum Gasteiger partial charge on any atom is -0.465 e. The number of esters is 1. The van der Waals surface area contributed by atoms with Crippen molar-refractivity contribution in [2.75, 3.05) is 7.11 Å². The number of nitrogens with one attached hydrogen (secondary N) is 2. The molecule has 0 bridgehead atoms. The first-order valence-corrected chi connectivity index (χ1v) is 7.27. The zero-order chi connectivity index (χ0) is 17.2. The SMILES string of the molecule is COC(=O)c1ccc2[nH]c(C(C)NC(=O)OC(C)(C)C)nc2c1. The number of methoxy groups -OCH3 is 1. The van der Waals surface area contributed by atoms with E-state index in [4.69, 9.17) is 4.74 Å². The Labute approximate surface area is 134 Å². The predicted octanol–water partition coefficient (Wildman–Crippen LogP) is 2.94. The van der Waals surface area contributed by atoms with Crippen LogP contribution in [0, 0.1) is 0 Å². The molecule has 7 nitrogen and oxygen atoms in total. The fourth-order valence-electron chi connectivity index (χ4n) is 2.03. The van der Waals surface area contributed by atoms with Crippen molar-refractivity contribution in [3.8, 4) is 0 Å². The lowest BCUT2D eigenvalue weighted by molar-refractivity contribution is 0.0505. The maximum atomic E-state index is 11.8. The summed E-state index contributed by atoms with van der Waals surface area (Å²) in [5.41, 5.74) is 1.25. The average molecular weight is 319 g/mol. The Kier molecular flexibility index (Phi) is 4.58. The van der Waals surface area contributed by atoms with Crippen LogP contribution in [0.3, 0.4) is 0 Å². The molecule has 0 saturated heterocycles. The van der Waals surface area contributed by atoms with Crippen LogP contribution in [0.1, 0.15) is 49.9 Å². The van der Waals surface area contributed by atoms with E-state index in [1.54, 1.807) is 45.9 Å². The quantitative estimate of drug-likeness (QED) is 0.848. The van der Waals surface area contributed by atoms with Gasteiger partial charge in [-0.25, -0.2) is 14.6 Å². The van der Waals surface area contributed by atoms with Gasteiger partial charge in [-0.2, -0.15) is 0 Å². The van der Waals surface area contributed by atoms with Gasteiger partial charge in [0.2, 0.25) is 0 Å². The zero-order valence-electron chi connectivity index (χ0n) is 13.9. The van der Waals surface area contributed by atoms with Crippen molar-refractivity contribution in [2.24, 2.45) is 0 Å². The monoisotopic (exact) mass is 319 g/mol. The summed E-state index contributed by atoms with van der Waals surface area (Å²) in [6.07, 6.45) is -0.513. The Morgan fingerprint density at radius 2 is 2.00 bits per heavy atom. The van der Waals surface area contributed by atoms with Crippen molar-refractivity contribution in [1.29, 1.82) is 0 Å². The lowest BCUT2D eigenvalue weighted by Gasteiger charge is -2.21. The molecular formula is C16H21N3O4. The third-order valence-corrected chi connectivity index (χ3v) is 3.07. The number of amides is 1. The van der Waals surface area contributed by atoms with Gasteiger partial charge in [0.25, 0.3) is 0 Å². The molecule has 0 saturated carbocycles. The normalized spacial score (nSPS) is 12.7. The number of fused-ring (bicyclic) bond motifs is 1. The van der Waals surface area contributed by atoms with E-state index in [9.17, 15) is 9.59 Å². The molecule has 0 aliphatic heterocycles. The number of H-pyrrole nitrogens is 1. The van der Waals surface area contributed by atoms with Crippen molar-refractivity contribution in [1.82, 2.24) is 15.3 Å². The Morgan fingerprint density at radius 1 is 1.30 bits per heavy atom. The second-order valence-corrected chi connectivity index (χ2v) is 6.21. The number of aromatic amines is 1. The van der Waals surface area contributed by atoms with Crippen LogP contribution in [-0.2, 0) is 9.47 Å². The van der Waals surface area contributed by atoms with Gasteiger partial charge < -0.3 is 19.8 Å². The van der Waals surface area contributed by atoms with Crippen molar-refractivity contribution in [3.05, 3.63) is 29.6 Å².